The predicted octanol–water partition coefficient (Wildman–Crippen LogP) is 4.89. The minimum Gasteiger partial charge on any atom is -0.457 e. The molecule has 0 saturated heterocycles. The monoisotopic (exact) mass is 461 g/mol. The highest BCUT2D eigenvalue weighted by atomic mass is 16.5. The summed E-state index contributed by atoms with van der Waals surface area (Å²) in [6.07, 6.45) is 3.36. The number of esters is 1. The molecule has 0 aliphatic heterocycles. The van der Waals surface area contributed by atoms with E-state index in [4.69, 9.17) is 21.4 Å². The normalized spacial score (nSPS) is 16.4. The van der Waals surface area contributed by atoms with Crippen molar-refractivity contribution >= 4 is 28.3 Å². The molecular formula is C28H27N3O3. The van der Waals surface area contributed by atoms with Gasteiger partial charge in [0.25, 0.3) is 0 Å². The minimum absolute atomic E-state index is 0.0330. The zero-order valence-electron chi connectivity index (χ0n) is 26.0. The number of carbonyl (C=O) groups is 2. The molecule has 1 amide bonds. The smallest absolute Gasteiger partial charge is 0.338 e. The van der Waals surface area contributed by atoms with E-state index in [9.17, 15) is 9.59 Å². The van der Waals surface area contributed by atoms with Gasteiger partial charge in [-0.2, -0.15) is 0 Å². The summed E-state index contributed by atoms with van der Waals surface area (Å²) < 4.78 is 67.4. The fourth-order valence-electron chi connectivity index (χ4n) is 3.45. The molecule has 3 N–H and O–H groups in total. The molecule has 172 valence electrons. The van der Waals surface area contributed by atoms with Crippen molar-refractivity contribution in [3.8, 4) is 0 Å². The molecule has 0 radical (unpaired) electrons. The molecule has 4 aromatic rings. The number of pyridine rings is 1. The molecule has 0 aliphatic rings. The number of amides is 1. The van der Waals surface area contributed by atoms with Gasteiger partial charge in [-0.1, -0.05) is 48.0 Å². The summed E-state index contributed by atoms with van der Waals surface area (Å²) in [5.41, 5.74) is 5.57. The largest absolute Gasteiger partial charge is 0.457 e. The lowest BCUT2D eigenvalue weighted by atomic mass is 9.97. The SMILES string of the molecule is [2H]C([2H])([2H])c1ccc(C(=O)OC([2H])([2H])c2ccc([C@@H](CN)C(=O)Nc3ccc4cnccc4c3)cc2)c(C([2H])([2H])[2H])c1. The van der Waals surface area contributed by atoms with Crippen LogP contribution >= 0.6 is 0 Å². The quantitative estimate of drug-likeness (QED) is 0.382. The Morgan fingerprint density at radius 1 is 1.06 bits per heavy atom. The zero-order chi connectivity index (χ0) is 30.9. The summed E-state index contributed by atoms with van der Waals surface area (Å²) in [6.45, 7) is -8.18. The standard InChI is InChI=1S/C28H27N3O3/c1-18-3-10-25(19(2)13-18)28(33)34-17-20-4-6-21(7-5-20)26(15-29)27(32)31-24-9-8-23-16-30-12-11-22(23)14-24/h3-14,16,26H,15,17,29H2,1-2H3,(H,31,32)/t26-/m1/s1/i1D3,2D3,17D2. The lowest BCUT2D eigenvalue weighted by Crippen LogP contribution is -2.27. The number of fused-ring (bicyclic) bond motifs is 1. The number of nitrogens with zero attached hydrogens (tertiary/aromatic N) is 1. The number of nitrogens with two attached hydrogens (primary N) is 1. The maximum atomic E-state index is 13.0. The molecule has 0 unspecified atom stereocenters. The van der Waals surface area contributed by atoms with Crippen molar-refractivity contribution in [2.75, 3.05) is 11.9 Å². The third-order valence-electron chi connectivity index (χ3n) is 5.27. The van der Waals surface area contributed by atoms with Crippen LogP contribution in [0.25, 0.3) is 10.8 Å². The fraction of sp³-hybridized carbons (Fsp3) is 0.179. The predicted molar refractivity (Wildman–Crippen MR) is 134 cm³/mol. The summed E-state index contributed by atoms with van der Waals surface area (Å²) >= 11 is 0. The molecule has 0 aliphatic carbocycles. The Morgan fingerprint density at radius 2 is 1.91 bits per heavy atom. The Morgan fingerprint density at radius 3 is 2.68 bits per heavy atom. The van der Waals surface area contributed by atoms with Crippen LogP contribution in [0.2, 0.25) is 0 Å². The molecule has 6 nitrogen and oxygen atoms in total. The number of nitrogens with one attached hydrogen (secondary N) is 1. The first-order valence-corrected chi connectivity index (χ1v) is 10.4. The van der Waals surface area contributed by atoms with E-state index >= 15 is 0 Å². The van der Waals surface area contributed by atoms with Crippen LogP contribution in [-0.2, 0) is 16.1 Å². The highest BCUT2D eigenvalue weighted by molar-refractivity contribution is 5.98. The number of ether oxygens (including phenoxy) is 1. The Balaban J connectivity index is 1.51. The summed E-state index contributed by atoms with van der Waals surface area (Å²) in [5, 5.41) is 4.65. The highest BCUT2D eigenvalue weighted by Crippen LogP contribution is 2.22. The van der Waals surface area contributed by atoms with Crippen LogP contribution in [-0.4, -0.2) is 23.4 Å². The van der Waals surface area contributed by atoms with Gasteiger partial charge in [0.2, 0.25) is 5.91 Å². The van der Waals surface area contributed by atoms with Crippen LogP contribution in [0.5, 0.6) is 0 Å². The summed E-state index contributed by atoms with van der Waals surface area (Å²) in [7, 11) is 0. The van der Waals surface area contributed by atoms with Gasteiger partial charge in [0.15, 0.2) is 0 Å². The number of rotatable bonds is 7. The molecule has 1 heterocycles. The van der Waals surface area contributed by atoms with Crippen molar-refractivity contribution < 1.29 is 25.3 Å². The van der Waals surface area contributed by atoms with Gasteiger partial charge in [-0.15, -0.1) is 0 Å². The van der Waals surface area contributed by atoms with Crippen LogP contribution in [0, 0.1) is 13.7 Å². The summed E-state index contributed by atoms with van der Waals surface area (Å²) in [6, 6.07) is 15.8. The van der Waals surface area contributed by atoms with E-state index in [0.29, 0.717) is 11.3 Å². The van der Waals surface area contributed by atoms with Crippen LogP contribution in [0.15, 0.2) is 79.1 Å². The Hall–Kier alpha value is -4.03. The van der Waals surface area contributed by atoms with Gasteiger partial charge in [-0.3, -0.25) is 9.78 Å². The van der Waals surface area contributed by atoms with Gasteiger partial charge in [0.1, 0.15) is 6.56 Å². The molecule has 0 bridgehead atoms. The zero-order valence-corrected chi connectivity index (χ0v) is 18.0. The van der Waals surface area contributed by atoms with Gasteiger partial charge < -0.3 is 15.8 Å². The molecule has 34 heavy (non-hydrogen) atoms. The van der Waals surface area contributed by atoms with Crippen molar-refractivity contribution in [3.05, 3.63) is 107 Å². The van der Waals surface area contributed by atoms with E-state index < -0.39 is 43.3 Å². The molecule has 0 saturated carbocycles. The summed E-state index contributed by atoms with van der Waals surface area (Å²) in [4.78, 5) is 30.0. The lowest BCUT2D eigenvalue weighted by Gasteiger charge is -2.16. The van der Waals surface area contributed by atoms with Crippen LogP contribution in [0.1, 0.15) is 49.5 Å². The average molecular weight is 462 g/mol. The second-order valence-electron chi connectivity index (χ2n) is 7.59. The van der Waals surface area contributed by atoms with Gasteiger partial charge in [0.05, 0.1) is 14.2 Å². The van der Waals surface area contributed by atoms with E-state index in [2.05, 4.69) is 10.3 Å². The van der Waals surface area contributed by atoms with Crippen molar-refractivity contribution in [3.63, 3.8) is 0 Å². The molecule has 0 fully saturated rings. The maximum Gasteiger partial charge on any atom is 0.338 e. The van der Waals surface area contributed by atoms with Crippen LogP contribution in [0.3, 0.4) is 0 Å². The van der Waals surface area contributed by atoms with Gasteiger partial charge in [-0.05, 0) is 60.0 Å². The number of carbonyl (C=O) groups excluding carboxylic acids is 2. The van der Waals surface area contributed by atoms with E-state index in [1.165, 1.54) is 24.3 Å². The first-order chi connectivity index (χ1) is 19.6. The van der Waals surface area contributed by atoms with Gasteiger partial charge in [-0.25, -0.2) is 4.79 Å². The Bertz CT molecular complexity index is 1620. The fourth-order valence-corrected chi connectivity index (χ4v) is 3.45. The number of hydrogen-bond acceptors (Lipinski definition) is 5. The second kappa shape index (κ2) is 10.3. The topological polar surface area (TPSA) is 94.3 Å². The average Bonchev–Trinajstić information content (AvgIpc) is 2.92. The molecule has 3 aromatic carbocycles. The molecular weight excluding hydrogens is 426 g/mol. The van der Waals surface area contributed by atoms with E-state index in [0.717, 1.165) is 29.0 Å². The molecule has 1 aromatic heterocycles. The Kier molecular flexibility index (Phi) is 4.53. The van der Waals surface area contributed by atoms with E-state index in [1.807, 2.05) is 18.2 Å². The number of aryl methyl sites for hydroxylation is 2. The first-order valence-electron chi connectivity index (χ1n) is 14.4. The number of aromatic nitrogens is 1. The Labute approximate surface area is 210 Å². The first kappa shape index (κ1) is 15.0. The third kappa shape index (κ3) is 5.30. The highest BCUT2D eigenvalue weighted by Gasteiger charge is 2.19. The number of benzene rings is 3. The molecule has 4 rings (SSSR count). The van der Waals surface area contributed by atoms with Crippen LogP contribution in [0.4, 0.5) is 5.69 Å². The molecule has 6 heteroatoms. The lowest BCUT2D eigenvalue weighted by molar-refractivity contribution is -0.117. The molecule has 0 spiro atoms. The van der Waals surface area contributed by atoms with Crippen LogP contribution < -0.4 is 11.1 Å². The van der Waals surface area contributed by atoms with Crippen molar-refractivity contribution in [1.29, 1.82) is 0 Å². The van der Waals surface area contributed by atoms with E-state index in [1.54, 1.807) is 18.5 Å². The number of anilines is 1. The summed E-state index contributed by atoms with van der Waals surface area (Å²) in [5.74, 6) is -2.41. The third-order valence-corrected chi connectivity index (χ3v) is 5.27. The second-order valence-corrected chi connectivity index (χ2v) is 7.59. The van der Waals surface area contributed by atoms with Crippen molar-refractivity contribution in [2.45, 2.75) is 26.2 Å². The van der Waals surface area contributed by atoms with Gasteiger partial charge >= 0.3 is 5.97 Å². The maximum absolute atomic E-state index is 13.0. The minimum atomic E-state index is -2.86. The van der Waals surface area contributed by atoms with E-state index in [-0.39, 0.29) is 23.6 Å². The van der Waals surface area contributed by atoms with Crippen molar-refractivity contribution in [2.24, 2.45) is 5.73 Å². The molecule has 1 atom stereocenters. The van der Waals surface area contributed by atoms with Crippen molar-refractivity contribution in [1.82, 2.24) is 4.98 Å². The van der Waals surface area contributed by atoms with Gasteiger partial charge in [0, 0.05) is 38.2 Å². The number of hydrogen-bond donors (Lipinski definition) is 2.